The topological polar surface area (TPSA) is 30.5 Å². The minimum Gasteiger partial charge on any atom is -0.355 e. The van der Waals surface area contributed by atoms with Crippen molar-refractivity contribution < 1.29 is 0 Å². The number of thiocarbonyl (C=S) groups is 1. The Balaban J connectivity index is 1.36. The molecule has 0 atom stereocenters. The van der Waals surface area contributed by atoms with E-state index in [-0.39, 0.29) is 0 Å². The number of hydrogen-bond donors (Lipinski definition) is 2. The molecule has 1 fully saturated rings. The van der Waals surface area contributed by atoms with Crippen LogP contribution in [0.3, 0.4) is 0 Å². The molecule has 4 aromatic rings. The van der Waals surface area contributed by atoms with Crippen molar-refractivity contribution in [3.8, 4) is 0 Å². The van der Waals surface area contributed by atoms with Crippen LogP contribution in [-0.2, 0) is 0 Å². The Hall–Kier alpha value is -3.48. The summed E-state index contributed by atoms with van der Waals surface area (Å²) in [7, 11) is 0. The zero-order chi connectivity index (χ0) is 24.2. The molecule has 0 amide bonds. The number of aryl methyl sites for hydroxylation is 2. The van der Waals surface area contributed by atoms with Gasteiger partial charge in [-0.1, -0.05) is 48.5 Å². The van der Waals surface area contributed by atoms with Gasteiger partial charge in [0.1, 0.15) is 0 Å². The number of nitrogens with one attached hydrogen (secondary N) is 2. The predicted octanol–water partition coefficient (Wildman–Crippen LogP) is 8.05. The summed E-state index contributed by atoms with van der Waals surface area (Å²) in [4.78, 5) is 4.40. The van der Waals surface area contributed by atoms with E-state index >= 15 is 0 Å². The number of anilines is 6. The molecule has 35 heavy (non-hydrogen) atoms. The number of para-hydroxylation sites is 2. The Morgan fingerprint density at radius 1 is 0.629 bits per heavy atom. The highest BCUT2D eigenvalue weighted by atomic mass is 32.2. The summed E-state index contributed by atoms with van der Waals surface area (Å²) in [6.07, 6.45) is 0. The van der Waals surface area contributed by atoms with Crippen molar-refractivity contribution >= 4 is 63.2 Å². The Morgan fingerprint density at radius 3 is 1.54 bits per heavy atom. The van der Waals surface area contributed by atoms with E-state index < -0.39 is 0 Å². The predicted molar refractivity (Wildman–Crippen MR) is 157 cm³/mol. The maximum atomic E-state index is 6.00. The zero-order valence-corrected chi connectivity index (χ0v) is 21.5. The summed E-state index contributed by atoms with van der Waals surface area (Å²) in [5.74, 6) is 1.65. The molecule has 0 saturated carbocycles. The standard InChI is InChI=1S/C29H28N4S2/c1-21-9-3-5-15-27(21)30-23-11-7-13-25(17-23)32-19-35-20-33(29(32)34)26-14-8-12-24(18-26)31-28-16-6-4-10-22(28)2/h3-18,30-31H,19-20H2,1-2H3. The van der Waals surface area contributed by atoms with Gasteiger partial charge in [0, 0.05) is 34.1 Å². The second kappa shape index (κ2) is 10.4. The van der Waals surface area contributed by atoms with Crippen molar-refractivity contribution in [2.75, 3.05) is 32.2 Å². The molecule has 4 nitrogen and oxygen atoms in total. The van der Waals surface area contributed by atoms with Crippen LogP contribution in [0.2, 0.25) is 0 Å². The minimum atomic E-state index is 0.810. The lowest BCUT2D eigenvalue weighted by Gasteiger charge is -2.38. The molecule has 0 aromatic heterocycles. The van der Waals surface area contributed by atoms with Gasteiger partial charge in [-0.2, -0.15) is 0 Å². The molecule has 176 valence electrons. The van der Waals surface area contributed by atoms with Crippen LogP contribution >= 0.6 is 24.0 Å². The van der Waals surface area contributed by atoms with Gasteiger partial charge in [-0.05, 0) is 85.7 Å². The van der Waals surface area contributed by atoms with Crippen LogP contribution in [0.1, 0.15) is 11.1 Å². The van der Waals surface area contributed by atoms with Crippen LogP contribution in [0.5, 0.6) is 0 Å². The van der Waals surface area contributed by atoms with Crippen LogP contribution < -0.4 is 20.4 Å². The normalized spacial score (nSPS) is 13.6. The van der Waals surface area contributed by atoms with Crippen molar-refractivity contribution in [3.05, 3.63) is 108 Å². The maximum Gasteiger partial charge on any atom is 0.182 e. The summed E-state index contributed by atoms with van der Waals surface area (Å²) in [5.41, 5.74) is 8.91. The average molecular weight is 497 g/mol. The molecule has 0 spiro atoms. The lowest BCUT2D eigenvalue weighted by molar-refractivity contribution is 1.11. The van der Waals surface area contributed by atoms with E-state index in [1.165, 1.54) is 11.1 Å². The quantitative estimate of drug-likeness (QED) is 0.263. The minimum absolute atomic E-state index is 0.810. The molecule has 0 unspecified atom stereocenters. The molecular formula is C29H28N4S2. The molecule has 1 saturated heterocycles. The third kappa shape index (κ3) is 5.29. The molecule has 1 heterocycles. The second-order valence-corrected chi connectivity index (χ2v) is 9.87. The number of thioether (sulfide) groups is 1. The highest BCUT2D eigenvalue weighted by molar-refractivity contribution is 7.99. The van der Waals surface area contributed by atoms with Crippen molar-refractivity contribution in [2.24, 2.45) is 0 Å². The van der Waals surface area contributed by atoms with Crippen LogP contribution in [-0.4, -0.2) is 16.9 Å². The van der Waals surface area contributed by atoms with E-state index in [2.05, 4.69) is 131 Å². The van der Waals surface area contributed by atoms with Gasteiger partial charge in [0.25, 0.3) is 0 Å². The number of benzene rings is 4. The third-order valence-corrected chi connectivity index (χ3v) is 7.39. The monoisotopic (exact) mass is 496 g/mol. The Bertz CT molecular complexity index is 1250. The summed E-state index contributed by atoms with van der Waals surface area (Å²) < 4.78 is 0. The van der Waals surface area contributed by atoms with E-state index in [9.17, 15) is 0 Å². The summed E-state index contributed by atoms with van der Waals surface area (Å²) in [5, 5.41) is 7.90. The SMILES string of the molecule is Cc1ccccc1Nc1cccc(N2CSCN(c3cccc(Nc4ccccc4C)c3)C2=S)c1. The Morgan fingerprint density at radius 2 is 1.09 bits per heavy atom. The van der Waals surface area contributed by atoms with Crippen LogP contribution in [0, 0.1) is 13.8 Å². The van der Waals surface area contributed by atoms with Crippen LogP contribution in [0.4, 0.5) is 34.1 Å². The molecule has 0 bridgehead atoms. The second-order valence-electron chi connectivity index (χ2n) is 8.58. The molecule has 6 heteroatoms. The lowest BCUT2D eigenvalue weighted by Crippen LogP contribution is -2.47. The molecule has 0 aliphatic carbocycles. The number of rotatable bonds is 6. The highest BCUT2D eigenvalue weighted by Crippen LogP contribution is 2.32. The van der Waals surface area contributed by atoms with Crippen molar-refractivity contribution in [1.29, 1.82) is 0 Å². The Kier molecular flexibility index (Phi) is 6.93. The molecule has 4 aromatic carbocycles. The van der Waals surface area contributed by atoms with Crippen LogP contribution in [0.15, 0.2) is 97.1 Å². The van der Waals surface area contributed by atoms with Crippen molar-refractivity contribution in [3.63, 3.8) is 0 Å². The third-order valence-electron chi connectivity index (χ3n) is 6.07. The largest absolute Gasteiger partial charge is 0.355 e. The Labute approximate surface area is 217 Å². The smallest absolute Gasteiger partial charge is 0.182 e. The van der Waals surface area contributed by atoms with Crippen LogP contribution in [0.25, 0.3) is 0 Å². The molecule has 0 radical (unpaired) electrons. The zero-order valence-electron chi connectivity index (χ0n) is 19.9. The molecule has 1 aliphatic heterocycles. The van der Waals surface area contributed by atoms with Crippen molar-refractivity contribution in [1.82, 2.24) is 0 Å². The fourth-order valence-corrected chi connectivity index (χ4v) is 5.58. The molecule has 5 rings (SSSR count). The first-order chi connectivity index (χ1) is 17.1. The molecular weight excluding hydrogens is 468 g/mol. The molecule has 2 N–H and O–H groups in total. The van der Waals surface area contributed by atoms with E-state index in [0.29, 0.717) is 0 Å². The first kappa shape index (κ1) is 23.3. The number of nitrogens with zero attached hydrogens (tertiary/aromatic N) is 2. The van der Waals surface area contributed by atoms with Gasteiger partial charge in [-0.25, -0.2) is 0 Å². The van der Waals surface area contributed by atoms with Gasteiger partial charge in [0.2, 0.25) is 0 Å². The van der Waals surface area contributed by atoms with Gasteiger partial charge in [0.05, 0.1) is 11.8 Å². The van der Waals surface area contributed by atoms with E-state index in [1.807, 2.05) is 11.8 Å². The van der Waals surface area contributed by atoms with Crippen molar-refractivity contribution in [2.45, 2.75) is 13.8 Å². The fraction of sp³-hybridized carbons (Fsp3) is 0.138. The van der Waals surface area contributed by atoms with Gasteiger partial charge in [0.15, 0.2) is 5.11 Å². The fourth-order valence-electron chi connectivity index (χ4n) is 4.09. The molecule has 1 aliphatic rings. The van der Waals surface area contributed by atoms with E-state index in [0.717, 1.165) is 51.0 Å². The van der Waals surface area contributed by atoms with Gasteiger partial charge in [-0.15, -0.1) is 11.8 Å². The highest BCUT2D eigenvalue weighted by Gasteiger charge is 2.25. The van der Waals surface area contributed by atoms with Gasteiger partial charge >= 0.3 is 0 Å². The lowest BCUT2D eigenvalue weighted by atomic mass is 10.2. The first-order valence-electron chi connectivity index (χ1n) is 11.6. The number of hydrogen-bond acceptors (Lipinski definition) is 4. The maximum absolute atomic E-state index is 6.00. The van der Waals surface area contributed by atoms with Gasteiger partial charge in [-0.3, -0.25) is 0 Å². The summed E-state index contributed by atoms with van der Waals surface area (Å²) in [6, 6.07) is 33.6. The summed E-state index contributed by atoms with van der Waals surface area (Å²) in [6.45, 7) is 4.23. The first-order valence-corrected chi connectivity index (χ1v) is 13.2. The summed E-state index contributed by atoms with van der Waals surface area (Å²) >= 11 is 7.85. The van der Waals surface area contributed by atoms with E-state index in [4.69, 9.17) is 12.2 Å². The van der Waals surface area contributed by atoms with E-state index in [1.54, 1.807) is 0 Å². The average Bonchev–Trinajstić information content (AvgIpc) is 2.87. The van der Waals surface area contributed by atoms with Gasteiger partial charge < -0.3 is 20.4 Å².